The largest absolute Gasteiger partial charge is 0.351 e. The molecule has 5 fully saturated rings. The van der Waals surface area contributed by atoms with Gasteiger partial charge in [0.1, 0.15) is 0 Å². The fraction of sp³-hybridized carbons (Fsp3) is 0.950. The normalized spacial score (nSPS) is 48.5. The summed E-state index contributed by atoms with van der Waals surface area (Å²) in [6.07, 6.45) is 3.85. The van der Waals surface area contributed by atoms with E-state index in [9.17, 15) is 0 Å². The first-order valence-corrected chi connectivity index (χ1v) is 10.4. The average Bonchev–Trinajstić information content (AvgIpc) is 2.88. The molecule has 5 aliphatic rings. The molecule has 5 rings (SSSR count). The number of nitriles is 1. The zero-order valence-electron chi connectivity index (χ0n) is 16.6. The van der Waals surface area contributed by atoms with Crippen LogP contribution in [0.3, 0.4) is 0 Å². The lowest BCUT2D eigenvalue weighted by atomic mass is 9.58. The summed E-state index contributed by atoms with van der Waals surface area (Å²) >= 11 is 0. The lowest BCUT2D eigenvalue weighted by Gasteiger charge is -2.60. The Hall–Kier alpha value is -0.750. The van der Waals surface area contributed by atoms with Gasteiger partial charge < -0.3 is 19.5 Å². The Bertz CT molecular complexity index is 583. The minimum Gasteiger partial charge on any atom is -0.351 e. The second-order valence-electron chi connectivity index (χ2n) is 8.80. The van der Waals surface area contributed by atoms with Gasteiger partial charge in [-0.15, -0.1) is 0 Å². The van der Waals surface area contributed by atoms with Gasteiger partial charge in [0, 0.05) is 37.8 Å². The van der Waals surface area contributed by atoms with Crippen LogP contribution in [0.15, 0.2) is 0 Å². The van der Waals surface area contributed by atoms with Crippen molar-refractivity contribution in [3.05, 3.63) is 0 Å². The zero-order valence-corrected chi connectivity index (χ0v) is 16.6. The molecule has 1 saturated carbocycles. The third-order valence-corrected chi connectivity index (χ3v) is 7.07. The summed E-state index contributed by atoms with van der Waals surface area (Å²) in [5.41, 5.74) is -0.530. The fourth-order valence-electron chi connectivity index (χ4n) is 5.58. The molecule has 0 aromatic rings. The quantitative estimate of drug-likeness (QED) is 0.560. The van der Waals surface area contributed by atoms with Gasteiger partial charge in [-0.1, -0.05) is 13.8 Å². The molecule has 4 saturated heterocycles. The SMILES string of the molecule is C[C@@H]1CCC2[C@@H](C)[C@@H](OCCNCCC#N)O[C@@H]3O[C@@]4(C)CCC1[C@@]23OO4. The number of rotatable bonds is 6. The topological polar surface area (TPSA) is 82.0 Å². The second kappa shape index (κ2) is 7.58. The average molecular weight is 380 g/mol. The van der Waals surface area contributed by atoms with Crippen molar-refractivity contribution in [3.8, 4) is 6.07 Å². The smallest absolute Gasteiger partial charge is 0.201 e. The Balaban J connectivity index is 1.48. The summed E-state index contributed by atoms with van der Waals surface area (Å²) in [6.45, 7) is 8.37. The highest BCUT2D eigenvalue weighted by Crippen LogP contribution is 2.60. The number of hydrogen-bond donors (Lipinski definition) is 1. The molecule has 27 heavy (non-hydrogen) atoms. The minimum absolute atomic E-state index is 0.199. The minimum atomic E-state index is -0.749. The molecule has 4 heterocycles. The molecule has 1 spiro atoms. The summed E-state index contributed by atoms with van der Waals surface area (Å²) in [7, 11) is 0. The highest BCUT2D eigenvalue weighted by Gasteiger charge is 2.69. The standard InChI is InChI=1S/C20H32N2O5/c1-13-5-6-16-14(2)17(23-12-11-22-10-4-9-21)24-18-20(16)15(13)7-8-19(3,25-18)26-27-20/h13-18,22H,4-8,10-12H2,1-3H3/t13-,14-,15?,16?,17+,18-,19-,20-/m1/s1. The molecule has 0 aromatic carbocycles. The first-order valence-electron chi connectivity index (χ1n) is 10.4. The molecular weight excluding hydrogens is 348 g/mol. The molecule has 1 N–H and O–H groups in total. The number of nitrogens with one attached hydrogen (secondary N) is 1. The third-order valence-electron chi connectivity index (χ3n) is 7.07. The van der Waals surface area contributed by atoms with Crippen molar-refractivity contribution in [2.75, 3.05) is 19.7 Å². The van der Waals surface area contributed by atoms with Crippen LogP contribution < -0.4 is 5.32 Å². The van der Waals surface area contributed by atoms with Crippen LogP contribution in [0.2, 0.25) is 0 Å². The lowest BCUT2D eigenvalue weighted by Crippen LogP contribution is -2.70. The Morgan fingerprint density at radius 1 is 1.15 bits per heavy atom. The summed E-state index contributed by atoms with van der Waals surface area (Å²) in [5, 5.41) is 11.8. The van der Waals surface area contributed by atoms with Gasteiger partial charge in [-0.3, -0.25) is 0 Å². The van der Waals surface area contributed by atoms with E-state index in [2.05, 4.69) is 25.2 Å². The van der Waals surface area contributed by atoms with E-state index >= 15 is 0 Å². The van der Waals surface area contributed by atoms with Gasteiger partial charge in [-0.2, -0.15) is 5.26 Å². The first-order chi connectivity index (χ1) is 13.0. The highest BCUT2D eigenvalue weighted by atomic mass is 17.3. The van der Waals surface area contributed by atoms with Gasteiger partial charge >= 0.3 is 0 Å². The van der Waals surface area contributed by atoms with Crippen molar-refractivity contribution in [1.82, 2.24) is 5.32 Å². The molecule has 0 aromatic heterocycles. The maximum atomic E-state index is 8.59. The molecule has 8 atom stereocenters. The highest BCUT2D eigenvalue weighted by molar-refractivity contribution is 5.09. The van der Waals surface area contributed by atoms with Crippen LogP contribution >= 0.6 is 0 Å². The van der Waals surface area contributed by atoms with E-state index in [1.54, 1.807) is 0 Å². The molecule has 7 heteroatoms. The molecule has 0 amide bonds. The third kappa shape index (κ3) is 3.31. The molecule has 1 aliphatic carbocycles. The second-order valence-corrected chi connectivity index (χ2v) is 8.80. The Morgan fingerprint density at radius 3 is 2.81 bits per heavy atom. The van der Waals surface area contributed by atoms with Crippen LogP contribution in [-0.4, -0.2) is 43.7 Å². The van der Waals surface area contributed by atoms with Gasteiger partial charge in [0.2, 0.25) is 5.79 Å². The summed E-state index contributed by atoms with van der Waals surface area (Å²) in [4.78, 5) is 11.9. The predicted octanol–water partition coefficient (Wildman–Crippen LogP) is 2.71. The lowest BCUT2D eigenvalue weighted by molar-refractivity contribution is -0.577. The number of fused-ring (bicyclic) bond motifs is 2. The molecule has 152 valence electrons. The van der Waals surface area contributed by atoms with Crippen LogP contribution in [0.1, 0.15) is 52.9 Å². The van der Waals surface area contributed by atoms with Gasteiger partial charge in [0.15, 0.2) is 18.2 Å². The summed E-state index contributed by atoms with van der Waals surface area (Å²) < 4.78 is 18.7. The van der Waals surface area contributed by atoms with Crippen molar-refractivity contribution in [2.24, 2.45) is 23.7 Å². The van der Waals surface area contributed by atoms with E-state index in [0.717, 1.165) is 19.3 Å². The van der Waals surface area contributed by atoms with Gasteiger partial charge in [-0.25, -0.2) is 9.78 Å². The number of ether oxygens (including phenoxy) is 3. The fourth-order valence-corrected chi connectivity index (χ4v) is 5.58. The Labute approximate surface area is 161 Å². The number of nitrogens with zero attached hydrogens (tertiary/aromatic N) is 1. The van der Waals surface area contributed by atoms with Crippen LogP contribution in [0.25, 0.3) is 0 Å². The van der Waals surface area contributed by atoms with Crippen LogP contribution in [0.4, 0.5) is 0 Å². The van der Waals surface area contributed by atoms with E-state index in [1.165, 1.54) is 6.42 Å². The van der Waals surface area contributed by atoms with Crippen molar-refractivity contribution in [1.29, 1.82) is 5.26 Å². The van der Waals surface area contributed by atoms with Crippen LogP contribution in [0.5, 0.6) is 0 Å². The van der Waals surface area contributed by atoms with Crippen LogP contribution in [-0.2, 0) is 24.0 Å². The monoisotopic (exact) mass is 380 g/mol. The van der Waals surface area contributed by atoms with Crippen molar-refractivity contribution < 1.29 is 24.0 Å². The van der Waals surface area contributed by atoms with Gasteiger partial charge in [0.25, 0.3) is 0 Å². The number of hydrogen-bond acceptors (Lipinski definition) is 7. The Kier molecular flexibility index (Phi) is 5.49. The summed E-state index contributed by atoms with van der Waals surface area (Å²) in [5.74, 6) is 0.680. The maximum absolute atomic E-state index is 8.59. The molecule has 2 unspecified atom stereocenters. The first kappa shape index (κ1) is 19.6. The molecule has 7 nitrogen and oxygen atoms in total. The molecule has 4 aliphatic heterocycles. The van der Waals surface area contributed by atoms with E-state index in [1.807, 2.05) is 6.92 Å². The van der Waals surface area contributed by atoms with E-state index in [-0.39, 0.29) is 18.1 Å². The molecule has 2 bridgehead atoms. The maximum Gasteiger partial charge on any atom is 0.201 e. The van der Waals surface area contributed by atoms with E-state index in [4.69, 9.17) is 29.2 Å². The van der Waals surface area contributed by atoms with E-state index in [0.29, 0.717) is 38.0 Å². The molecular formula is C20H32N2O5. The van der Waals surface area contributed by atoms with Crippen molar-refractivity contribution in [3.63, 3.8) is 0 Å². The van der Waals surface area contributed by atoms with Gasteiger partial charge in [0.05, 0.1) is 12.7 Å². The van der Waals surface area contributed by atoms with Gasteiger partial charge in [-0.05, 0) is 38.0 Å². The van der Waals surface area contributed by atoms with Crippen LogP contribution in [0, 0.1) is 35.0 Å². The molecule has 0 radical (unpaired) electrons. The summed E-state index contributed by atoms with van der Waals surface area (Å²) in [6, 6.07) is 2.13. The van der Waals surface area contributed by atoms with Crippen molar-refractivity contribution >= 4 is 0 Å². The van der Waals surface area contributed by atoms with Crippen molar-refractivity contribution in [2.45, 2.75) is 76.8 Å². The Morgan fingerprint density at radius 2 is 2.00 bits per heavy atom. The van der Waals surface area contributed by atoms with E-state index < -0.39 is 17.7 Å². The zero-order chi connectivity index (χ0) is 19.1. The predicted molar refractivity (Wildman–Crippen MR) is 95.9 cm³/mol.